The van der Waals surface area contributed by atoms with Gasteiger partial charge in [0.05, 0.1) is 34.1 Å². The molecule has 9 nitrogen and oxygen atoms in total. The van der Waals surface area contributed by atoms with E-state index in [0.717, 1.165) is 0 Å². The predicted octanol–water partition coefficient (Wildman–Crippen LogP) is 4.71. The third kappa shape index (κ3) is 5.56. The first kappa shape index (κ1) is 24.2. The first-order chi connectivity index (χ1) is 14.8. The van der Waals surface area contributed by atoms with Crippen LogP contribution in [0.4, 0.5) is 11.4 Å². The summed E-state index contributed by atoms with van der Waals surface area (Å²) in [4.78, 5) is 24.8. The zero-order valence-corrected chi connectivity index (χ0v) is 19.0. The van der Waals surface area contributed by atoms with Crippen molar-refractivity contribution in [1.82, 2.24) is 0 Å². The van der Waals surface area contributed by atoms with E-state index < -0.39 is 17.7 Å². The van der Waals surface area contributed by atoms with Crippen molar-refractivity contribution in [3.8, 4) is 23.0 Å². The number of ether oxygens (including phenoxy) is 4. The van der Waals surface area contributed by atoms with Crippen LogP contribution in [0.25, 0.3) is 0 Å². The molecule has 0 aliphatic carbocycles. The number of rotatable bonds is 9. The van der Waals surface area contributed by atoms with Gasteiger partial charge in [-0.15, -0.1) is 5.11 Å². The first-order valence-electron chi connectivity index (χ1n) is 8.81. The van der Waals surface area contributed by atoms with Gasteiger partial charge < -0.3 is 24.3 Å². The van der Waals surface area contributed by atoms with Gasteiger partial charge in [0.1, 0.15) is 5.02 Å². The molecule has 31 heavy (non-hydrogen) atoms. The Bertz CT molecular complexity index is 988. The van der Waals surface area contributed by atoms with Gasteiger partial charge in [0.25, 0.3) is 5.91 Å². The van der Waals surface area contributed by atoms with Gasteiger partial charge in [-0.1, -0.05) is 23.2 Å². The highest BCUT2D eigenvalue weighted by Crippen LogP contribution is 2.41. The zero-order chi connectivity index (χ0) is 23.1. The Morgan fingerprint density at radius 3 is 2.00 bits per heavy atom. The monoisotopic (exact) mass is 469 g/mol. The van der Waals surface area contributed by atoms with Crippen molar-refractivity contribution >= 4 is 46.3 Å². The number of anilines is 1. The van der Waals surface area contributed by atoms with Crippen LogP contribution in [-0.2, 0) is 9.59 Å². The number of benzene rings is 2. The number of ketones is 1. The van der Waals surface area contributed by atoms with Crippen LogP contribution in [0.1, 0.15) is 6.92 Å². The van der Waals surface area contributed by atoms with Crippen LogP contribution < -0.4 is 24.3 Å². The topological polar surface area (TPSA) is 108 Å². The minimum absolute atomic E-state index is 0.107. The molecule has 11 heteroatoms. The SMILES string of the molecule is COc1cc(Cl)cc(OC)c1N=NC(C(C)=O)C(=O)Nc1ccc(OC)c(OC)c1Cl. The normalized spacial score (nSPS) is 11.7. The third-order valence-electron chi connectivity index (χ3n) is 4.09. The molecule has 0 aliphatic rings. The van der Waals surface area contributed by atoms with Crippen molar-refractivity contribution in [3.63, 3.8) is 0 Å². The Kier molecular flexibility index (Phi) is 8.47. The van der Waals surface area contributed by atoms with Gasteiger partial charge in [0.15, 0.2) is 34.5 Å². The number of azo groups is 1. The molecule has 0 heterocycles. The molecular weight excluding hydrogens is 449 g/mol. The highest BCUT2D eigenvalue weighted by atomic mass is 35.5. The molecule has 1 amide bonds. The summed E-state index contributed by atoms with van der Waals surface area (Å²) in [6, 6.07) is 4.64. The molecule has 0 spiro atoms. The Morgan fingerprint density at radius 2 is 1.52 bits per heavy atom. The zero-order valence-electron chi connectivity index (χ0n) is 17.5. The summed E-state index contributed by atoms with van der Waals surface area (Å²) in [6.45, 7) is 1.22. The van der Waals surface area contributed by atoms with E-state index in [-0.39, 0.29) is 33.6 Å². The number of nitrogens with one attached hydrogen (secondary N) is 1. The standard InChI is InChI=1S/C20H21Cl2N3O6/c1-10(26)17(24-25-18-14(29-3)8-11(21)9-15(18)30-4)20(27)23-12-6-7-13(28-2)19(31-5)16(12)22/h6-9,17H,1-5H3,(H,23,27). The molecule has 0 fully saturated rings. The van der Waals surface area contributed by atoms with Crippen LogP contribution in [0.15, 0.2) is 34.5 Å². The summed E-state index contributed by atoms with van der Waals surface area (Å²) < 4.78 is 20.8. The fourth-order valence-electron chi connectivity index (χ4n) is 2.58. The average molecular weight is 470 g/mol. The van der Waals surface area contributed by atoms with Gasteiger partial charge in [-0.3, -0.25) is 9.59 Å². The molecule has 0 saturated carbocycles. The number of carbonyl (C=O) groups excluding carboxylic acids is 2. The molecule has 2 aromatic carbocycles. The summed E-state index contributed by atoms with van der Waals surface area (Å²) >= 11 is 12.3. The van der Waals surface area contributed by atoms with Crippen LogP contribution in [0.3, 0.4) is 0 Å². The van der Waals surface area contributed by atoms with Crippen molar-refractivity contribution in [1.29, 1.82) is 0 Å². The minimum Gasteiger partial charge on any atom is -0.494 e. The van der Waals surface area contributed by atoms with E-state index in [1.54, 1.807) is 6.07 Å². The lowest BCUT2D eigenvalue weighted by Crippen LogP contribution is -2.32. The summed E-state index contributed by atoms with van der Waals surface area (Å²) in [7, 11) is 5.70. The fourth-order valence-corrected chi connectivity index (χ4v) is 3.06. The second kappa shape index (κ2) is 10.8. The van der Waals surface area contributed by atoms with E-state index >= 15 is 0 Å². The largest absolute Gasteiger partial charge is 0.494 e. The lowest BCUT2D eigenvalue weighted by atomic mass is 10.2. The quantitative estimate of drug-likeness (QED) is 0.420. The number of hydrogen-bond donors (Lipinski definition) is 1. The summed E-state index contributed by atoms with van der Waals surface area (Å²) in [6.07, 6.45) is 0. The van der Waals surface area contributed by atoms with E-state index in [4.69, 9.17) is 42.1 Å². The van der Waals surface area contributed by atoms with E-state index in [2.05, 4.69) is 15.5 Å². The Hall–Kier alpha value is -3.04. The van der Waals surface area contributed by atoms with Gasteiger partial charge in [0, 0.05) is 17.2 Å². The number of methoxy groups -OCH3 is 4. The lowest BCUT2D eigenvalue weighted by molar-refractivity contribution is -0.126. The van der Waals surface area contributed by atoms with Crippen LogP contribution in [0.5, 0.6) is 23.0 Å². The van der Waals surface area contributed by atoms with Crippen molar-refractivity contribution in [2.24, 2.45) is 10.2 Å². The second-order valence-corrected chi connectivity index (χ2v) is 6.85. The maximum Gasteiger partial charge on any atom is 0.258 e. The van der Waals surface area contributed by atoms with Crippen molar-refractivity contribution < 1.29 is 28.5 Å². The smallest absolute Gasteiger partial charge is 0.258 e. The van der Waals surface area contributed by atoms with Crippen LogP contribution in [0.2, 0.25) is 10.0 Å². The van der Waals surface area contributed by atoms with Gasteiger partial charge in [0.2, 0.25) is 6.04 Å². The Labute approximate surface area is 189 Å². The fraction of sp³-hybridized carbons (Fsp3) is 0.300. The molecule has 0 bridgehead atoms. The maximum absolute atomic E-state index is 12.7. The van der Waals surface area contributed by atoms with Crippen molar-refractivity contribution in [2.75, 3.05) is 33.8 Å². The van der Waals surface area contributed by atoms with Gasteiger partial charge in [-0.2, -0.15) is 5.11 Å². The van der Waals surface area contributed by atoms with Gasteiger partial charge >= 0.3 is 0 Å². The molecule has 0 saturated heterocycles. The summed E-state index contributed by atoms with van der Waals surface area (Å²) in [5.74, 6) is -0.131. The van der Waals surface area contributed by atoms with E-state index in [9.17, 15) is 9.59 Å². The molecule has 2 rings (SSSR count). The number of amides is 1. The molecule has 1 atom stereocenters. The number of nitrogens with zero attached hydrogens (tertiary/aromatic N) is 2. The predicted molar refractivity (Wildman–Crippen MR) is 117 cm³/mol. The minimum atomic E-state index is -1.45. The number of hydrogen-bond acceptors (Lipinski definition) is 8. The molecule has 0 aromatic heterocycles. The molecule has 166 valence electrons. The summed E-state index contributed by atoms with van der Waals surface area (Å²) in [5.41, 5.74) is 0.394. The van der Waals surface area contributed by atoms with Crippen LogP contribution in [0, 0.1) is 0 Å². The van der Waals surface area contributed by atoms with Crippen LogP contribution in [-0.4, -0.2) is 46.2 Å². The number of Topliss-reactive ketones (excluding diaryl/α,β-unsaturated/α-hetero) is 1. The highest BCUT2D eigenvalue weighted by molar-refractivity contribution is 6.35. The Balaban J connectivity index is 2.36. The third-order valence-corrected chi connectivity index (χ3v) is 4.69. The molecule has 1 unspecified atom stereocenters. The molecule has 2 aromatic rings. The van der Waals surface area contributed by atoms with E-state index in [1.807, 2.05) is 0 Å². The Morgan fingerprint density at radius 1 is 0.935 bits per heavy atom. The number of halogens is 2. The molecule has 0 aliphatic heterocycles. The first-order valence-corrected chi connectivity index (χ1v) is 9.57. The number of carbonyl (C=O) groups is 2. The highest BCUT2D eigenvalue weighted by Gasteiger charge is 2.25. The molecule has 0 radical (unpaired) electrons. The van der Waals surface area contributed by atoms with E-state index in [0.29, 0.717) is 10.8 Å². The second-order valence-electron chi connectivity index (χ2n) is 6.04. The van der Waals surface area contributed by atoms with Crippen LogP contribution >= 0.6 is 23.2 Å². The van der Waals surface area contributed by atoms with Gasteiger partial charge in [-0.05, 0) is 19.1 Å². The van der Waals surface area contributed by atoms with Crippen molar-refractivity contribution in [2.45, 2.75) is 13.0 Å². The molecule has 1 N–H and O–H groups in total. The van der Waals surface area contributed by atoms with Crippen molar-refractivity contribution in [3.05, 3.63) is 34.3 Å². The maximum atomic E-state index is 12.7. The van der Waals surface area contributed by atoms with Gasteiger partial charge in [-0.25, -0.2) is 0 Å². The molecular formula is C20H21Cl2N3O6. The average Bonchev–Trinajstić information content (AvgIpc) is 2.74. The van der Waals surface area contributed by atoms with E-state index in [1.165, 1.54) is 53.6 Å². The lowest BCUT2D eigenvalue weighted by Gasteiger charge is -2.15. The summed E-state index contributed by atoms with van der Waals surface area (Å²) in [5, 5.41) is 10.9.